The van der Waals surface area contributed by atoms with Crippen LogP contribution in [0.2, 0.25) is 5.02 Å². The molecule has 25 heavy (non-hydrogen) atoms. The summed E-state index contributed by atoms with van der Waals surface area (Å²) < 4.78 is 0. The fraction of sp³-hybridized carbons (Fsp3) is 0.556. The van der Waals surface area contributed by atoms with Gasteiger partial charge in [-0.05, 0) is 42.1 Å². The van der Waals surface area contributed by atoms with E-state index in [1.807, 2.05) is 27.7 Å². The molecule has 0 aliphatic heterocycles. The van der Waals surface area contributed by atoms with E-state index in [1.54, 1.807) is 36.2 Å². The molecule has 0 bridgehead atoms. The van der Waals surface area contributed by atoms with Crippen LogP contribution in [0.4, 0.5) is 0 Å². The number of carbonyl (C=O) groups excluding carboxylic acids is 2. The lowest BCUT2D eigenvalue weighted by molar-refractivity contribution is -0.134. The molecular formula is C18H29Cl2N3O2. The number of nitrogens with zero attached hydrogens (tertiary/aromatic N) is 1. The maximum absolute atomic E-state index is 12.7. The lowest BCUT2D eigenvalue weighted by Crippen LogP contribution is -2.52. The third-order valence-electron chi connectivity index (χ3n) is 3.92. The Morgan fingerprint density at radius 2 is 1.76 bits per heavy atom. The number of nitrogens with one attached hydrogen (secondary N) is 1. The molecule has 0 aliphatic carbocycles. The van der Waals surface area contributed by atoms with Crippen molar-refractivity contribution in [2.75, 3.05) is 20.1 Å². The van der Waals surface area contributed by atoms with Crippen LogP contribution in [-0.4, -0.2) is 42.9 Å². The Hall–Kier alpha value is -1.30. The summed E-state index contributed by atoms with van der Waals surface area (Å²) in [5.41, 5.74) is 6.04. The lowest BCUT2D eigenvalue weighted by Gasteiger charge is -2.32. The van der Waals surface area contributed by atoms with Crippen molar-refractivity contribution >= 4 is 35.8 Å². The topological polar surface area (TPSA) is 75.4 Å². The van der Waals surface area contributed by atoms with Crippen LogP contribution < -0.4 is 11.1 Å². The van der Waals surface area contributed by atoms with Crippen LogP contribution in [0, 0.1) is 11.3 Å². The Bertz CT molecular complexity index is 574. The number of carbonyl (C=O) groups is 2. The van der Waals surface area contributed by atoms with E-state index < -0.39 is 6.04 Å². The highest BCUT2D eigenvalue weighted by Gasteiger charge is 2.30. The van der Waals surface area contributed by atoms with Gasteiger partial charge in [-0.15, -0.1) is 12.4 Å². The van der Waals surface area contributed by atoms with E-state index >= 15 is 0 Å². The normalized spacial score (nSPS) is 12.3. The highest BCUT2D eigenvalue weighted by Crippen LogP contribution is 2.16. The molecule has 1 aromatic rings. The van der Waals surface area contributed by atoms with Crippen molar-refractivity contribution in [2.24, 2.45) is 17.1 Å². The molecule has 1 aromatic carbocycles. The first-order chi connectivity index (χ1) is 11.1. The average Bonchev–Trinajstić information content (AvgIpc) is 2.51. The Morgan fingerprint density at radius 1 is 1.24 bits per heavy atom. The van der Waals surface area contributed by atoms with Crippen LogP contribution in [0.25, 0.3) is 0 Å². The molecule has 0 aliphatic rings. The third-order valence-corrected chi connectivity index (χ3v) is 4.17. The number of rotatable bonds is 7. The van der Waals surface area contributed by atoms with Gasteiger partial charge < -0.3 is 16.0 Å². The zero-order valence-electron chi connectivity index (χ0n) is 15.5. The van der Waals surface area contributed by atoms with Crippen molar-refractivity contribution in [3.05, 3.63) is 34.9 Å². The molecule has 2 amide bonds. The minimum atomic E-state index is -0.591. The average molecular weight is 390 g/mol. The number of hydrogen-bond donors (Lipinski definition) is 2. The summed E-state index contributed by atoms with van der Waals surface area (Å²) in [5.74, 6) is -0.434. The highest BCUT2D eigenvalue weighted by atomic mass is 35.5. The largest absolute Gasteiger partial charge is 0.343 e. The number of amides is 2. The second-order valence-electron chi connectivity index (χ2n) is 7.26. The minimum absolute atomic E-state index is 0. The quantitative estimate of drug-likeness (QED) is 0.752. The van der Waals surface area contributed by atoms with Crippen LogP contribution in [-0.2, 0) is 4.79 Å². The molecule has 5 nitrogen and oxygen atoms in total. The zero-order valence-corrected chi connectivity index (χ0v) is 17.1. The van der Waals surface area contributed by atoms with Crippen molar-refractivity contribution in [3.63, 3.8) is 0 Å². The molecule has 1 rings (SSSR count). The van der Waals surface area contributed by atoms with E-state index in [4.69, 9.17) is 17.3 Å². The molecule has 0 saturated heterocycles. The minimum Gasteiger partial charge on any atom is -0.343 e. The first-order valence-electron chi connectivity index (χ1n) is 8.09. The van der Waals surface area contributed by atoms with Gasteiger partial charge in [0, 0.05) is 24.2 Å². The summed E-state index contributed by atoms with van der Waals surface area (Å²) in [5, 5.41) is 3.39. The van der Waals surface area contributed by atoms with Crippen molar-refractivity contribution in [1.82, 2.24) is 10.2 Å². The number of hydrogen-bond acceptors (Lipinski definition) is 3. The first-order valence-corrected chi connectivity index (χ1v) is 8.46. The molecular weight excluding hydrogens is 361 g/mol. The predicted molar refractivity (Wildman–Crippen MR) is 105 cm³/mol. The van der Waals surface area contributed by atoms with Crippen LogP contribution in [0.1, 0.15) is 38.1 Å². The third kappa shape index (κ3) is 7.22. The summed E-state index contributed by atoms with van der Waals surface area (Å²) in [6.45, 7) is 8.84. The SMILES string of the molecule is CC(C)C(NC(=O)c1ccc(Cl)cc1)C(=O)N(C)CC(C)(C)CN.Cl. The van der Waals surface area contributed by atoms with Gasteiger partial charge in [0.1, 0.15) is 6.04 Å². The van der Waals surface area contributed by atoms with Gasteiger partial charge in [0.25, 0.3) is 5.91 Å². The maximum atomic E-state index is 12.7. The molecule has 0 saturated carbocycles. The summed E-state index contributed by atoms with van der Waals surface area (Å²) in [7, 11) is 1.74. The summed E-state index contributed by atoms with van der Waals surface area (Å²) in [4.78, 5) is 26.8. The monoisotopic (exact) mass is 389 g/mol. The van der Waals surface area contributed by atoms with Crippen LogP contribution in [0.15, 0.2) is 24.3 Å². The van der Waals surface area contributed by atoms with Gasteiger partial charge in [0.15, 0.2) is 0 Å². The molecule has 1 unspecified atom stereocenters. The standard InChI is InChI=1S/C18H28ClN3O2.ClH/c1-12(2)15(17(24)22(5)11-18(3,4)10-20)21-16(23)13-6-8-14(19)9-7-13;/h6-9,12,15H,10-11,20H2,1-5H3,(H,21,23);1H. The van der Waals surface area contributed by atoms with Gasteiger partial charge in [-0.1, -0.05) is 39.3 Å². The summed E-state index contributed by atoms with van der Waals surface area (Å²) >= 11 is 5.84. The van der Waals surface area contributed by atoms with Crippen LogP contribution in [0.5, 0.6) is 0 Å². The number of nitrogens with two attached hydrogens (primary N) is 1. The number of halogens is 2. The van der Waals surface area contributed by atoms with E-state index in [9.17, 15) is 9.59 Å². The van der Waals surface area contributed by atoms with E-state index in [1.165, 1.54) is 0 Å². The lowest BCUT2D eigenvalue weighted by atomic mass is 9.92. The molecule has 3 N–H and O–H groups in total. The van der Waals surface area contributed by atoms with Crippen molar-refractivity contribution < 1.29 is 9.59 Å². The van der Waals surface area contributed by atoms with Gasteiger partial charge in [-0.25, -0.2) is 0 Å². The molecule has 0 heterocycles. The fourth-order valence-corrected chi connectivity index (χ4v) is 2.49. The molecule has 0 radical (unpaired) electrons. The molecule has 7 heteroatoms. The second kappa shape index (κ2) is 10.00. The van der Waals surface area contributed by atoms with Gasteiger partial charge in [0.2, 0.25) is 5.91 Å². The number of benzene rings is 1. The molecule has 1 atom stereocenters. The number of likely N-dealkylation sites (N-methyl/N-ethyl adjacent to an activating group) is 1. The first kappa shape index (κ1) is 23.7. The summed E-state index contributed by atoms with van der Waals surface area (Å²) in [6.07, 6.45) is 0. The second-order valence-corrected chi connectivity index (χ2v) is 7.70. The molecule has 0 aromatic heterocycles. The van der Waals surface area contributed by atoms with Gasteiger partial charge >= 0.3 is 0 Å². The maximum Gasteiger partial charge on any atom is 0.251 e. The van der Waals surface area contributed by atoms with Crippen LogP contribution in [0.3, 0.4) is 0 Å². The molecule has 142 valence electrons. The van der Waals surface area contributed by atoms with Gasteiger partial charge in [-0.2, -0.15) is 0 Å². The van der Waals surface area contributed by atoms with Crippen molar-refractivity contribution in [3.8, 4) is 0 Å². The van der Waals surface area contributed by atoms with Crippen molar-refractivity contribution in [2.45, 2.75) is 33.7 Å². The zero-order chi connectivity index (χ0) is 18.5. The van der Waals surface area contributed by atoms with Gasteiger partial charge in [0.05, 0.1) is 0 Å². The predicted octanol–water partition coefficient (Wildman–Crippen LogP) is 2.96. The van der Waals surface area contributed by atoms with E-state index in [0.29, 0.717) is 23.7 Å². The van der Waals surface area contributed by atoms with E-state index in [-0.39, 0.29) is 35.6 Å². The van der Waals surface area contributed by atoms with Crippen molar-refractivity contribution in [1.29, 1.82) is 0 Å². The fourth-order valence-electron chi connectivity index (χ4n) is 2.36. The smallest absolute Gasteiger partial charge is 0.251 e. The summed E-state index contributed by atoms with van der Waals surface area (Å²) in [6, 6.07) is 5.99. The Morgan fingerprint density at radius 3 is 2.20 bits per heavy atom. The van der Waals surface area contributed by atoms with E-state index in [0.717, 1.165) is 0 Å². The highest BCUT2D eigenvalue weighted by molar-refractivity contribution is 6.30. The Balaban J connectivity index is 0.00000576. The van der Waals surface area contributed by atoms with Gasteiger partial charge in [-0.3, -0.25) is 9.59 Å². The van der Waals surface area contributed by atoms with E-state index in [2.05, 4.69) is 5.32 Å². The molecule has 0 fully saturated rings. The Labute approximate surface area is 161 Å². The van der Waals surface area contributed by atoms with Crippen LogP contribution >= 0.6 is 24.0 Å². The Kier molecular flexibility index (Phi) is 9.48. The molecule has 0 spiro atoms.